The number of pyridine rings is 1. The van der Waals surface area contributed by atoms with Gasteiger partial charge in [0.15, 0.2) is 9.84 Å². The van der Waals surface area contributed by atoms with Crippen molar-refractivity contribution >= 4 is 19.7 Å². The maximum absolute atomic E-state index is 11.8. The lowest BCUT2D eigenvalue weighted by atomic mass is 10.2. The van der Waals surface area contributed by atoms with Crippen molar-refractivity contribution in [3.05, 3.63) is 29.6 Å². The van der Waals surface area contributed by atoms with Crippen LogP contribution in [0.25, 0.3) is 0 Å². The van der Waals surface area contributed by atoms with Gasteiger partial charge in [0.1, 0.15) is 9.84 Å². The fraction of sp³-hybridized carbons (Fsp3) is 0.500. The van der Waals surface area contributed by atoms with Crippen molar-refractivity contribution in [3.8, 4) is 0 Å². The summed E-state index contributed by atoms with van der Waals surface area (Å²) in [6.45, 7) is 0.151. The van der Waals surface area contributed by atoms with Crippen molar-refractivity contribution in [1.29, 1.82) is 0 Å². The zero-order valence-electron chi connectivity index (χ0n) is 10.0. The fourth-order valence-electron chi connectivity index (χ4n) is 1.37. The molecule has 8 heteroatoms. The molecule has 1 rings (SSSR count). The van der Waals surface area contributed by atoms with Gasteiger partial charge in [0.05, 0.1) is 23.0 Å². The molecule has 6 nitrogen and oxygen atoms in total. The number of nitrogens with two attached hydrogens (primary N) is 1. The Morgan fingerprint density at radius 2 is 1.89 bits per heavy atom. The Bertz CT molecular complexity index is 609. The molecule has 1 aromatic heterocycles. The minimum Gasteiger partial charge on any atom is -0.325 e. The lowest BCUT2D eigenvalue weighted by Crippen LogP contribution is -2.19. The minimum absolute atomic E-state index is 0.151. The van der Waals surface area contributed by atoms with Crippen molar-refractivity contribution in [2.75, 3.05) is 17.8 Å². The van der Waals surface area contributed by atoms with Crippen LogP contribution in [0.1, 0.15) is 11.3 Å². The highest BCUT2D eigenvalue weighted by atomic mass is 32.2. The molecule has 0 unspecified atom stereocenters. The number of rotatable bonds is 6. The van der Waals surface area contributed by atoms with Crippen LogP contribution < -0.4 is 5.73 Å². The normalized spacial score (nSPS) is 12.6. The zero-order valence-corrected chi connectivity index (χ0v) is 11.7. The zero-order chi connectivity index (χ0) is 13.8. The summed E-state index contributed by atoms with van der Waals surface area (Å²) in [7, 11) is -6.76. The van der Waals surface area contributed by atoms with Crippen LogP contribution in [-0.4, -0.2) is 39.6 Å². The fourth-order valence-corrected chi connectivity index (χ4v) is 4.48. The second kappa shape index (κ2) is 5.77. The van der Waals surface area contributed by atoms with Crippen molar-refractivity contribution < 1.29 is 16.8 Å². The van der Waals surface area contributed by atoms with E-state index in [0.717, 1.165) is 6.26 Å². The number of nitrogens with zero attached hydrogens (tertiary/aromatic N) is 1. The maximum Gasteiger partial charge on any atom is 0.155 e. The Labute approximate surface area is 107 Å². The first-order valence-electron chi connectivity index (χ1n) is 5.24. The summed E-state index contributed by atoms with van der Waals surface area (Å²) in [6.07, 6.45) is 2.55. The van der Waals surface area contributed by atoms with Crippen LogP contribution in [0.3, 0.4) is 0 Å². The number of hydrogen-bond donors (Lipinski definition) is 1. The van der Waals surface area contributed by atoms with Crippen LogP contribution in [0.5, 0.6) is 0 Å². The van der Waals surface area contributed by atoms with Gasteiger partial charge in [-0.1, -0.05) is 6.07 Å². The molecule has 0 saturated heterocycles. The van der Waals surface area contributed by atoms with Crippen molar-refractivity contribution in [1.82, 2.24) is 4.98 Å². The molecule has 0 spiro atoms. The largest absolute Gasteiger partial charge is 0.325 e. The van der Waals surface area contributed by atoms with Gasteiger partial charge in [-0.2, -0.15) is 0 Å². The van der Waals surface area contributed by atoms with Crippen LogP contribution in [0.15, 0.2) is 18.3 Å². The highest BCUT2D eigenvalue weighted by Crippen LogP contribution is 2.10. The van der Waals surface area contributed by atoms with Gasteiger partial charge >= 0.3 is 0 Å². The molecule has 0 amide bonds. The van der Waals surface area contributed by atoms with E-state index in [-0.39, 0.29) is 23.8 Å². The van der Waals surface area contributed by atoms with E-state index in [1.807, 2.05) is 0 Å². The third-order valence-electron chi connectivity index (χ3n) is 2.32. The second-order valence-electron chi connectivity index (χ2n) is 4.04. The number of sulfone groups is 2. The molecular weight excluding hydrogens is 276 g/mol. The Kier molecular flexibility index (Phi) is 4.83. The van der Waals surface area contributed by atoms with E-state index in [1.165, 1.54) is 6.20 Å². The molecule has 0 radical (unpaired) electrons. The van der Waals surface area contributed by atoms with Gasteiger partial charge in [0.25, 0.3) is 0 Å². The third kappa shape index (κ3) is 5.11. The molecule has 0 bridgehead atoms. The van der Waals surface area contributed by atoms with Crippen LogP contribution >= 0.6 is 0 Å². The summed E-state index contributed by atoms with van der Waals surface area (Å²) < 4.78 is 45.5. The topological polar surface area (TPSA) is 107 Å². The molecule has 2 N–H and O–H groups in total. The van der Waals surface area contributed by atoms with Crippen molar-refractivity contribution in [2.45, 2.75) is 12.3 Å². The number of aromatic nitrogens is 1. The summed E-state index contributed by atoms with van der Waals surface area (Å²) >= 11 is 0. The first kappa shape index (κ1) is 15.1. The third-order valence-corrected chi connectivity index (χ3v) is 5.10. The Morgan fingerprint density at radius 1 is 1.22 bits per heavy atom. The Morgan fingerprint density at radius 3 is 2.44 bits per heavy atom. The molecule has 0 aliphatic rings. The average molecular weight is 292 g/mol. The van der Waals surface area contributed by atoms with E-state index in [9.17, 15) is 16.8 Å². The standard InChI is InChI=1S/C10H16N2O4S2/c1-17(13,14)5-6-18(15,16)8-9-3-2-4-12-10(9)7-11/h2-4H,5-8,11H2,1H3. The average Bonchev–Trinajstić information content (AvgIpc) is 2.26. The summed E-state index contributed by atoms with van der Waals surface area (Å²) in [6, 6.07) is 3.26. The molecule has 1 heterocycles. The van der Waals surface area contributed by atoms with Gasteiger partial charge in [-0.25, -0.2) is 16.8 Å². The van der Waals surface area contributed by atoms with Gasteiger partial charge in [-0.05, 0) is 11.6 Å². The van der Waals surface area contributed by atoms with Gasteiger partial charge in [0.2, 0.25) is 0 Å². The molecule has 102 valence electrons. The molecule has 0 aliphatic carbocycles. The molecule has 0 atom stereocenters. The molecule has 0 saturated carbocycles. The summed E-state index contributed by atoms with van der Waals surface area (Å²) in [5.41, 5.74) is 6.50. The molecule has 1 aromatic rings. The molecule has 0 fully saturated rings. The van der Waals surface area contributed by atoms with Crippen LogP contribution in [0.2, 0.25) is 0 Å². The first-order chi connectivity index (χ1) is 8.23. The lowest BCUT2D eigenvalue weighted by molar-refractivity contribution is 0.589. The Balaban J connectivity index is 2.83. The number of hydrogen-bond acceptors (Lipinski definition) is 6. The van der Waals surface area contributed by atoms with Gasteiger partial charge < -0.3 is 5.73 Å². The van der Waals surface area contributed by atoms with Crippen LogP contribution in [0, 0.1) is 0 Å². The van der Waals surface area contributed by atoms with Gasteiger partial charge in [-0.15, -0.1) is 0 Å². The summed E-state index contributed by atoms with van der Waals surface area (Å²) in [5, 5.41) is 0. The summed E-state index contributed by atoms with van der Waals surface area (Å²) in [5.74, 6) is -0.985. The van der Waals surface area contributed by atoms with Crippen LogP contribution in [-0.2, 0) is 32.0 Å². The lowest BCUT2D eigenvalue weighted by Gasteiger charge is -2.07. The second-order valence-corrected chi connectivity index (χ2v) is 8.48. The van der Waals surface area contributed by atoms with E-state index in [2.05, 4.69) is 4.98 Å². The smallest absolute Gasteiger partial charge is 0.155 e. The molecule has 0 aromatic carbocycles. The molecular formula is C10H16N2O4S2. The maximum atomic E-state index is 11.8. The minimum atomic E-state index is -3.48. The van der Waals surface area contributed by atoms with E-state index in [4.69, 9.17) is 5.73 Å². The quantitative estimate of drug-likeness (QED) is 0.757. The monoisotopic (exact) mass is 292 g/mol. The van der Waals surface area contributed by atoms with E-state index >= 15 is 0 Å². The van der Waals surface area contributed by atoms with Crippen molar-refractivity contribution in [2.24, 2.45) is 5.73 Å². The van der Waals surface area contributed by atoms with Gasteiger partial charge in [0, 0.05) is 19.0 Å². The van der Waals surface area contributed by atoms with E-state index in [1.54, 1.807) is 12.1 Å². The van der Waals surface area contributed by atoms with Crippen LogP contribution in [0.4, 0.5) is 0 Å². The predicted octanol–water partition coefficient (Wildman–Crippen LogP) is -0.500. The Hall–Kier alpha value is -0.990. The first-order valence-corrected chi connectivity index (χ1v) is 9.13. The SMILES string of the molecule is CS(=O)(=O)CCS(=O)(=O)Cc1cccnc1CN. The summed E-state index contributed by atoms with van der Waals surface area (Å²) in [4.78, 5) is 3.98. The van der Waals surface area contributed by atoms with Gasteiger partial charge in [-0.3, -0.25) is 4.98 Å². The highest BCUT2D eigenvalue weighted by Gasteiger charge is 2.17. The molecule has 18 heavy (non-hydrogen) atoms. The predicted molar refractivity (Wildman–Crippen MR) is 69.3 cm³/mol. The van der Waals surface area contributed by atoms with Crippen molar-refractivity contribution in [3.63, 3.8) is 0 Å². The molecule has 0 aliphatic heterocycles. The highest BCUT2D eigenvalue weighted by molar-refractivity contribution is 7.94. The van der Waals surface area contributed by atoms with E-state index in [0.29, 0.717) is 11.3 Å². The van der Waals surface area contributed by atoms with E-state index < -0.39 is 19.7 Å².